The Labute approximate surface area is 197 Å². The van der Waals surface area contributed by atoms with E-state index in [9.17, 15) is 18.4 Å². The minimum atomic E-state index is -2.51. The molecular formula is C25H32F2N4O3. The smallest absolute Gasteiger partial charge is 0.249 e. The summed E-state index contributed by atoms with van der Waals surface area (Å²) < 4.78 is 32.4. The molecule has 2 N–H and O–H groups in total. The fourth-order valence-corrected chi connectivity index (χ4v) is 5.93. The van der Waals surface area contributed by atoms with Crippen molar-refractivity contribution in [1.82, 2.24) is 20.5 Å². The van der Waals surface area contributed by atoms with Crippen molar-refractivity contribution in [3.05, 3.63) is 30.2 Å². The molecule has 34 heavy (non-hydrogen) atoms. The maximum Gasteiger partial charge on any atom is 0.249 e. The molecule has 1 spiro atoms. The number of carbonyl (C=O) groups is 2. The predicted octanol–water partition coefficient (Wildman–Crippen LogP) is 3.80. The summed E-state index contributed by atoms with van der Waals surface area (Å²) in [5.74, 6) is -2.17. The maximum atomic E-state index is 13.3. The molecule has 184 valence electrons. The highest BCUT2D eigenvalue weighted by molar-refractivity contribution is 5.88. The number of alkyl halides is 2. The zero-order chi connectivity index (χ0) is 23.9. The number of fused-ring (bicyclic) bond motifs is 1. The molecule has 2 unspecified atom stereocenters. The van der Waals surface area contributed by atoms with Crippen molar-refractivity contribution in [2.75, 3.05) is 19.6 Å². The fourth-order valence-electron chi connectivity index (χ4n) is 5.93. The van der Waals surface area contributed by atoms with E-state index in [1.165, 1.54) is 0 Å². The van der Waals surface area contributed by atoms with Crippen molar-refractivity contribution < 1.29 is 22.8 Å². The average molecular weight is 475 g/mol. The number of halogens is 2. The molecule has 1 aromatic heterocycles. The Balaban J connectivity index is 1.20. The Bertz CT molecular complexity index is 1020. The number of hydrogen-bond donors (Lipinski definition) is 2. The lowest BCUT2D eigenvalue weighted by Gasteiger charge is -2.57. The molecule has 5 rings (SSSR count). The highest BCUT2D eigenvalue weighted by Gasteiger charge is 2.61. The lowest BCUT2D eigenvalue weighted by Crippen LogP contribution is -2.56. The number of hydrogen-bond acceptors (Lipinski definition) is 5. The Morgan fingerprint density at radius 2 is 1.91 bits per heavy atom. The number of amides is 2. The summed E-state index contributed by atoms with van der Waals surface area (Å²) in [5, 5.41) is 6.20. The zero-order valence-electron chi connectivity index (χ0n) is 19.5. The van der Waals surface area contributed by atoms with Crippen LogP contribution < -0.4 is 10.6 Å². The number of aromatic nitrogens is 1. The maximum absolute atomic E-state index is 13.3. The first-order chi connectivity index (χ1) is 16.2. The number of nitrogens with one attached hydrogen (secondary N) is 2. The summed E-state index contributed by atoms with van der Waals surface area (Å²) in [6.45, 7) is 3.79. The summed E-state index contributed by atoms with van der Waals surface area (Å²) >= 11 is 0. The third-order valence-electron chi connectivity index (χ3n) is 7.56. The third-order valence-corrected chi connectivity index (χ3v) is 7.56. The minimum absolute atomic E-state index is 0.0180. The molecule has 2 saturated carbocycles. The van der Waals surface area contributed by atoms with Gasteiger partial charge < -0.3 is 20.0 Å². The second kappa shape index (κ2) is 8.91. The number of rotatable bonds is 8. The Morgan fingerprint density at radius 1 is 1.21 bits per heavy atom. The first-order valence-corrected chi connectivity index (χ1v) is 12.3. The van der Waals surface area contributed by atoms with Crippen molar-refractivity contribution in [3.8, 4) is 0 Å². The van der Waals surface area contributed by atoms with Crippen molar-refractivity contribution >= 4 is 22.9 Å². The quantitative estimate of drug-likeness (QED) is 0.608. The van der Waals surface area contributed by atoms with E-state index in [2.05, 4.69) is 15.6 Å². The molecule has 0 bridgehead atoms. The van der Waals surface area contributed by atoms with Crippen LogP contribution in [0.4, 0.5) is 8.78 Å². The van der Waals surface area contributed by atoms with Gasteiger partial charge in [-0.25, -0.2) is 13.8 Å². The second-order valence-corrected chi connectivity index (χ2v) is 10.5. The Hall–Kier alpha value is -2.55. The molecule has 2 aliphatic carbocycles. The van der Waals surface area contributed by atoms with Crippen LogP contribution in [-0.4, -0.2) is 53.3 Å². The van der Waals surface area contributed by atoms with Gasteiger partial charge in [0.1, 0.15) is 11.6 Å². The Kier molecular flexibility index (Phi) is 6.08. The number of carbonyl (C=O) groups excluding carboxylic acids is 2. The molecular weight excluding hydrogens is 442 g/mol. The molecule has 0 radical (unpaired) electrons. The van der Waals surface area contributed by atoms with Gasteiger partial charge in [-0.2, -0.15) is 0 Å². The van der Waals surface area contributed by atoms with E-state index in [4.69, 9.17) is 4.42 Å². The van der Waals surface area contributed by atoms with E-state index < -0.39 is 18.0 Å². The lowest BCUT2D eigenvalue weighted by molar-refractivity contribution is -0.206. The van der Waals surface area contributed by atoms with Crippen LogP contribution in [0.2, 0.25) is 0 Å². The van der Waals surface area contributed by atoms with Crippen LogP contribution >= 0.6 is 0 Å². The summed E-state index contributed by atoms with van der Waals surface area (Å²) in [6, 6.07) is 6.24. The fraction of sp³-hybridized carbons (Fsp3) is 0.640. The number of likely N-dealkylation sites (tertiary alicyclic amines) is 1. The van der Waals surface area contributed by atoms with Gasteiger partial charge in [0, 0.05) is 25.9 Å². The van der Waals surface area contributed by atoms with Gasteiger partial charge >= 0.3 is 0 Å². The summed E-state index contributed by atoms with van der Waals surface area (Å²) in [6.07, 6.45) is 3.51. The van der Waals surface area contributed by atoms with Gasteiger partial charge in [0.25, 0.3) is 0 Å². The topological polar surface area (TPSA) is 87.5 Å². The summed E-state index contributed by atoms with van der Waals surface area (Å²) in [4.78, 5) is 32.2. The highest BCUT2D eigenvalue weighted by atomic mass is 19.3. The van der Waals surface area contributed by atoms with Crippen molar-refractivity contribution in [2.45, 2.75) is 69.9 Å². The van der Waals surface area contributed by atoms with Crippen LogP contribution in [0.25, 0.3) is 11.1 Å². The normalized spacial score (nSPS) is 22.9. The molecule has 2 atom stereocenters. The van der Waals surface area contributed by atoms with Crippen LogP contribution in [0.5, 0.6) is 0 Å². The monoisotopic (exact) mass is 474 g/mol. The number of benzene rings is 1. The second-order valence-electron chi connectivity index (χ2n) is 10.5. The predicted molar refractivity (Wildman–Crippen MR) is 122 cm³/mol. The van der Waals surface area contributed by atoms with Gasteiger partial charge in [0.05, 0.1) is 12.5 Å². The summed E-state index contributed by atoms with van der Waals surface area (Å²) in [5.41, 5.74) is 1.16. The van der Waals surface area contributed by atoms with E-state index in [-0.39, 0.29) is 42.4 Å². The van der Waals surface area contributed by atoms with Crippen LogP contribution in [0.3, 0.4) is 0 Å². The first-order valence-electron chi connectivity index (χ1n) is 12.3. The summed E-state index contributed by atoms with van der Waals surface area (Å²) in [7, 11) is 0. The van der Waals surface area contributed by atoms with Gasteiger partial charge in [0.15, 0.2) is 5.58 Å². The van der Waals surface area contributed by atoms with Gasteiger partial charge in [-0.3, -0.25) is 9.59 Å². The molecule has 7 nitrogen and oxygen atoms in total. The van der Waals surface area contributed by atoms with Crippen LogP contribution in [0.1, 0.15) is 63.8 Å². The standard InChI is InChI=1S/C25H32F2N4O3/c1-16(23-30-18-6-2-3-7-20(18)34-23)29-22(33)19(10-21(32)31-8-4-5-9-31)28-13-17-11-24(12-17)14-25(26,27)15-24/h2-3,6-7,16-17,19,28H,4-5,8-15H2,1H3,(H,29,33). The van der Waals surface area contributed by atoms with Gasteiger partial charge in [-0.05, 0) is 62.6 Å². The molecule has 1 saturated heterocycles. The molecule has 2 aromatic rings. The average Bonchev–Trinajstić information content (AvgIpc) is 3.43. The van der Waals surface area contributed by atoms with Crippen LogP contribution in [-0.2, 0) is 9.59 Å². The van der Waals surface area contributed by atoms with E-state index in [1.807, 2.05) is 24.3 Å². The van der Waals surface area contributed by atoms with E-state index in [0.29, 0.717) is 18.0 Å². The lowest BCUT2D eigenvalue weighted by atomic mass is 9.50. The number of nitrogens with zero attached hydrogens (tertiary/aromatic N) is 2. The van der Waals surface area contributed by atoms with Crippen molar-refractivity contribution in [3.63, 3.8) is 0 Å². The van der Waals surface area contributed by atoms with E-state index in [0.717, 1.165) is 44.3 Å². The first kappa shape index (κ1) is 23.2. The highest BCUT2D eigenvalue weighted by Crippen LogP contribution is 2.64. The third kappa shape index (κ3) is 4.80. The largest absolute Gasteiger partial charge is 0.438 e. The van der Waals surface area contributed by atoms with Gasteiger partial charge in [0.2, 0.25) is 23.6 Å². The zero-order valence-corrected chi connectivity index (χ0v) is 19.5. The number of para-hydroxylation sites is 2. The number of oxazole rings is 1. The van der Waals surface area contributed by atoms with Crippen molar-refractivity contribution in [1.29, 1.82) is 0 Å². The van der Waals surface area contributed by atoms with Gasteiger partial charge in [-0.1, -0.05) is 12.1 Å². The minimum Gasteiger partial charge on any atom is -0.438 e. The van der Waals surface area contributed by atoms with Crippen LogP contribution in [0.15, 0.2) is 28.7 Å². The van der Waals surface area contributed by atoms with Crippen molar-refractivity contribution in [2.24, 2.45) is 11.3 Å². The molecule has 3 aliphatic rings. The molecule has 9 heteroatoms. The molecule has 2 amide bonds. The van der Waals surface area contributed by atoms with Gasteiger partial charge in [-0.15, -0.1) is 0 Å². The van der Waals surface area contributed by atoms with E-state index in [1.54, 1.807) is 11.8 Å². The molecule has 3 fully saturated rings. The molecule has 2 heterocycles. The molecule has 1 aliphatic heterocycles. The molecule has 1 aromatic carbocycles. The van der Waals surface area contributed by atoms with Crippen LogP contribution in [0, 0.1) is 11.3 Å². The van der Waals surface area contributed by atoms with E-state index >= 15 is 0 Å². The Morgan fingerprint density at radius 3 is 2.59 bits per heavy atom. The SMILES string of the molecule is CC(NC(=O)C(CC(=O)N1CCCC1)NCC1CC2(C1)CC(F)(F)C2)c1nc2ccccc2o1.